The molecule has 0 radical (unpaired) electrons. The summed E-state index contributed by atoms with van der Waals surface area (Å²) in [4.78, 5) is 22.9. The number of amides is 1. The van der Waals surface area contributed by atoms with Gasteiger partial charge in [0.1, 0.15) is 0 Å². The van der Waals surface area contributed by atoms with E-state index < -0.39 is 4.92 Å². The Labute approximate surface area is 179 Å². The van der Waals surface area contributed by atoms with Crippen molar-refractivity contribution in [3.8, 4) is 11.4 Å². The van der Waals surface area contributed by atoms with Crippen LogP contribution in [-0.2, 0) is 4.79 Å². The van der Waals surface area contributed by atoms with Crippen molar-refractivity contribution in [3.63, 3.8) is 0 Å². The van der Waals surface area contributed by atoms with Gasteiger partial charge >= 0.3 is 5.69 Å². The van der Waals surface area contributed by atoms with Gasteiger partial charge in [0.15, 0.2) is 14.0 Å². The number of thioether (sulfide) groups is 1. The highest BCUT2D eigenvalue weighted by Gasteiger charge is 2.18. The van der Waals surface area contributed by atoms with Gasteiger partial charge < -0.3 is 10.1 Å². The number of ether oxygens (including phenoxy) is 1. The van der Waals surface area contributed by atoms with E-state index in [9.17, 15) is 14.9 Å². The summed E-state index contributed by atoms with van der Waals surface area (Å²) in [5.41, 5.74) is 1.74. The number of carbonyl (C=O) groups excluding carboxylic acids is 1. The molecule has 0 aliphatic heterocycles. The van der Waals surface area contributed by atoms with Crippen LogP contribution >= 0.6 is 35.3 Å². The summed E-state index contributed by atoms with van der Waals surface area (Å²) >= 11 is 7.95. The Morgan fingerprint density at radius 3 is 2.76 bits per heavy atom. The minimum absolute atomic E-state index is 0.0862. The topological polar surface area (TPSA) is 99.3 Å². The second kappa shape index (κ2) is 9.16. The van der Waals surface area contributed by atoms with Gasteiger partial charge in [-0.25, -0.2) is 4.68 Å². The first kappa shape index (κ1) is 21.0. The molecular formula is C18H16N4O4S3. The highest BCUT2D eigenvalue weighted by Crippen LogP contribution is 2.33. The molecule has 0 fully saturated rings. The first-order valence-corrected chi connectivity index (χ1v) is 10.5. The number of nitro benzene ring substituents is 1. The molecule has 3 rings (SSSR count). The maximum absolute atomic E-state index is 12.4. The zero-order valence-electron chi connectivity index (χ0n) is 15.4. The largest absolute Gasteiger partial charge is 0.490 e. The van der Waals surface area contributed by atoms with Crippen LogP contribution in [0.3, 0.4) is 0 Å². The number of carbonyl (C=O) groups is 1. The van der Waals surface area contributed by atoms with Crippen LogP contribution in [0.25, 0.3) is 5.69 Å². The van der Waals surface area contributed by atoms with Crippen molar-refractivity contribution < 1.29 is 14.5 Å². The van der Waals surface area contributed by atoms with Crippen molar-refractivity contribution in [1.29, 1.82) is 0 Å². The summed E-state index contributed by atoms with van der Waals surface area (Å²) in [6.45, 7) is 1.68. The number of nitrogens with one attached hydrogen (secondary N) is 1. The normalized spacial score (nSPS) is 10.6. The molecule has 0 saturated carbocycles. The van der Waals surface area contributed by atoms with E-state index in [4.69, 9.17) is 17.0 Å². The lowest BCUT2D eigenvalue weighted by Crippen LogP contribution is -2.15. The molecule has 1 N–H and O–H groups in total. The Kier molecular flexibility index (Phi) is 6.62. The van der Waals surface area contributed by atoms with E-state index in [1.54, 1.807) is 11.6 Å². The molecule has 29 heavy (non-hydrogen) atoms. The lowest BCUT2D eigenvalue weighted by molar-refractivity contribution is -0.385. The molecule has 2 aromatic carbocycles. The third kappa shape index (κ3) is 5.00. The molecule has 1 amide bonds. The SMILES string of the molecule is COc1cc(NC(=O)CSc2nn(-c3ccccc3)c(=S)s2)c(C)cc1[N+](=O)[O-]. The molecule has 0 bridgehead atoms. The standard InChI is InChI=1S/C18H16N4O4S3/c1-11-8-14(22(24)25)15(26-2)9-13(11)19-16(23)10-28-17-20-21(18(27)29-17)12-6-4-3-5-7-12/h3-9H,10H2,1-2H3,(H,19,23). The number of methoxy groups -OCH3 is 1. The fraction of sp³-hybridized carbons (Fsp3) is 0.167. The number of hydrogen-bond donors (Lipinski definition) is 1. The van der Waals surface area contributed by atoms with E-state index in [1.807, 2.05) is 30.3 Å². The highest BCUT2D eigenvalue weighted by atomic mass is 32.2. The minimum Gasteiger partial charge on any atom is -0.490 e. The third-order valence-electron chi connectivity index (χ3n) is 3.85. The predicted octanol–water partition coefficient (Wildman–Crippen LogP) is 4.62. The summed E-state index contributed by atoms with van der Waals surface area (Å²) in [5, 5.41) is 18.3. The van der Waals surface area contributed by atoms with Crippen LogP contribution in [0.15, 0.2) is 46.8 Å². The van der Waals surface area contributed by atoms with Crippen LogP contribution in [0.4, 0.5) is 11.4 Å². The van der Waals surface area contributed by atoms with Crippen LogP contribution in [0.5, 0.6) is 5.75 Å². The summed E-state index contributed by atoms with van der Waals surface area (Å²) in [7, 11) is 1.34. The number of aromatic nitrogens is 2. The molecule has 0 atom stereocenters. The number of benzene rings is 2. The fourth-order valence-corrected chi connectivity index (χ4v) is 4.64. The predicted molar refractivity (Wildman–Crippen MR) is 116 cm³/mol. The fourth-order valence-electron chi connectivity index (χ4n) is 2.48. The van der Waals surface area contributed by atoms with Gasteiger partial charge in [0.05, 0.1) is 23.5 Å². The van der Waals surface area contributed by atoms with Crippen LogP contribution in [0.1, 0.15) is 5.56 Å². The molecule has 11 heteroatoms. The van der Waals surface area contributed by atoms with Gasteiger partial charge in [-0.05, 0) is 36.8 Å². The number of rotatable bonds is 7. The maximum atomic E-state index is 12.4. The van der Waals surface area contributed by atoms with E-state index in [1.165, 1.54) is 42.3 Å². The van der Waals surface area contributed by atoms with Crippen molar-refractivity contribution >= 4 is 52.6 Å². The first-order valence-electron chi connectivity index (χ1n) is 8.30. The molecular weight excluding hydrogens is 432 g/mol. The molecule has 1 aromatic heterocycles. The number of nitro groups is 1. The Hall–Kier alpha value is -2.76. The quantitative estimate of drug-likeness (QED) is 0.244. The van der Waals surface area contributed by atoms with Crippen LogP contribution in [0.2, 0.25) is 0 Å². The molecule has 0 spiro atoms. The zero-order chi connectivity index (χ0) is 21.0. The van der Waals surface area contributed by atoms with E-state index >= 15 is 0 Å². The van der Waals surface area contributed by atoms with Crippen LogP contribution in [-0.4, -0.2) is 33.5 Å². The smallest absolute Gasteiger partial charge is 0.311 e. The summed E-state index contributed by atoms with van der Waals surface area (Å²) in [6.07, 6.45) is 0. The van der Waals surface area contributed by atoms with Gasteiger partial charge in [-0.2, -0.15) is 0 Å². The highest BCUT2D eigenvalue weighted by molar-refractivity contribution is 8.01. The van der Waals surface area contributed by atoms with Crippen molar-refractivity contribution in [3.05, 3.63) is 62.1 Å². The number of nitrogens with zero attached hydrogens (tertiary/aromatic N) is 3. The van der Waals surface area contributed by atoms with Gasteiger partial charge in [-0.1, -0.05) is 41.3 Å². The number of aryl methyl sites for hydroxylation is 1. The molecule has 0 saturated heterocycles. The van der Waals surface area contributed by atoms with Gasteiger partial charge in [0.25, 0.3) is 0 Å². The summed E-state index contributed by atoms with van der Waals surface area (Å²) in [6, 6.07) is 12.3. The maximum Gasteiger partial charge on any atom is 0.311 e. The molecule has 0 aliphatic rings. The first-order chi connectivity index (χ1) is 13.9. The Morgan fingerprint density at radius 1 is 1.38 bits per heavy atom. The van der Waals surface area contributed by atoms with E-state index in [-0.39, 0.29) is 23.1 Å². The molecule has 0 unspecified atom stereocenters. The van der Waals surface area contributed by atoms with E-state index in [0.717, 1.165) is 5.69 Å². The molecule has 8 nitrogen and oxygen atoms in total. The number of hydrogen-bond acceptors (Lipinski definition) is 8. The van der Waals surface area contributed by atoms with E-state index in [0.29, 0.717) is 19.5 Å². The summed E-state index contributed by atoms with van der Waals surface area (Å²) in [5.74, 6) is -0.0555. The number of anilines is 1. The second-order valence-corrected chi connectivity index (χ2v) is 8.66. The van der Waals surface area contributed by atoms with Crippen LogP contribution in [0, 0.1) is 21.0 Å². The van der Waals surface area contributed by atoms with Gasteiger partial charge in [-0.15, -0.1) is 5.10 Å². The van der Waals surface area contributed by atoms with Crippen LogP contribution < -0.4 is 10.1 Å². The summed E-state index contributed by atoms with van der Waals surface area (Å²) < 4.78 is 7.97. The molecule has 3 aromatic rings. The molecule has 1 heterocycles. The zero-order valence-corrected chi connectivity index (χ0v) is 17.9. The number of para-hydroxylation sites is 1. The van der Waals surface area contributed by atoms with Crippen molar-refractivity contribution in [2.75, 3.05) is 18.2 Å². The van der Waals surface area contributed by atoms with E-state index in [2.05, 4.69) is 10.4 Å². The Morgan fingerprint density at radius 2 is 2.10 bits per heavy atom. The second-order valence-electron chi connectivity index (χ2n) is 5.81. The Bertz CT molecular complexity index is 1110. The van der Waals surface area contributed by atoms with Crippen molar-refractivity contribution in [2.24, 2.45) is 0 Å². The average Bonchev–Trinajstić information content (AvgIpc) is 3.08. The minimum atomic E-state index is -0.524. The molecule has 0 aliphatic carbocycles. The van der Waals surface area contributed by atoms with Gasteiger partial charge in [0, 0.05) is 17.8 Å². The molecule has 150 valence electrons. The third-order valence-corrected chi connectivity index (χ3v) is 6.22. The van der Waals surface area contributed by atoms with Gasteiger partial charge in [-0.3, -0.25) is 14.9 Å². The van der Waals surface area contributed by atoms with Crippen molar-refractivity contribution in [2.45, 2.75) is 11.3 Å². The lowest BCUT2D eigenvalue weighted by Gasteiger charge is -2.10. The van der Waals surface area contributed by atoms with Gasteiger partial charge in [0.2, 0.25) is 5.91 Å². The average molecular weight is 449 g/mol. The monoisotopic (exact) mass is 448 g/mol. The van der Waals surface area contributed by atoms with Crippen molar-refractivity contribution in [1.82, 2.24) is 9.78 Å². The lowest BCUT2D eigenvalue weighted by atomic mass is 10.1. The Balaban J connectivity index is 1.68.